The van der Waals surface area contributed by atoms with E-state index in [1.54, 1.807) is 6.92 Å². The second kappa shape index (κ2) is 9.00. The van der Waals surface area contributed by atoms with Gasteiger partial charge in [0.15, 0.2) is 0 Å². The summed E-state index contributed by atoms with van der Waals surface area (Å²) in [6.07, 6.45) is -6.11. The molecule has 2 fully saturated rings. The lowest BCUT2D eigenvalue weighted by molar-refractivity contribution is -0.207. The number of hydrogen-bond donors (Lipinski definition) is 7. The van der Waals surface area contributed by atoms with E-state index in [4.69, 9.17) is 25.7 Å². The van der Waals surface area contributed by atoms with Crippen LogP contribution in [0.1, 0.15) is 6.92 Å². The van der Waals surface area contributed by atoms with Crippen molar-refractivity contribution in [3.05, 3.63) is 0 Å². The highest BCUT2D eigenvalue weighted by atomic mass is 16.6. The van der Waals surface area contributed by atoms with Crippen LogP contribution < -0.4 is 11.5 Å². The molecular weight excluding hydrogens is 336 g/mol. The number of rotatable bonds is 6. The largest absolute Gasteiger partial charge is 0.394 e. The molecule has 0 aliphatic carbocycles. The molecule has 0 aromatic rings. The maximum atomic E-state index is 10.3. The summed E-state index contributed by atoms with van der Waals surface area (Å²) in [5, 5.41) is 48.6. The maximum absolute atomic E-state index is 10.3. The minimum absolute atomic E-state index is 0.0202. The van der Waals surface area contributed by atoms with E-state index in [1.807, 2.05) is 0 Å². The van der Waals surface area contributed by atoms with Crippen molar-refractivity contribution in [3.8, 4) is 0 Å². The SMILES string of the molecule is CC1OC(CO)C(COCC2OC(CO)C(O)C(O)C2N)C(O)C1N. The molecule has 0 saturated carbocycles. The number of aliphatic hydroxyl groups is 5. The Morgan fingerprint density at radius 2 is 1.44 bits per heavy atom. The second-order valence-corrected chi connectivity index (χ2v) is 6.79. The summed E-state index contributed by atoms with van der Waals surface area (Å²) in [5.41, 5.74) is 11.7. The first kappa shape index (κ1) is 20.9. The molecule has 2 rings (SSSR count). The van der Waals surface area contributed by atoms with E-state index in [1.165, 1.54) is 0 Å². The summed E-state index contributed by atoms with van der Waals surface area (Å²) in [4.78, 5) is 0. The van der Waals surface area contributed by atoms with Crippen molar-refractivity contribution in [2.24, 2.45) is 17.4 Å². The Hall–Kier alpha value is -0.400. The van der Waals surface area contributed by atoms with Crippen molar-refractivity contribution in [2.75, 3.05) is 26.4 Å². The van der Waals surface area contributed by atoms with Crippen LogP contribution in [0.15, 0.2) is 0 Å². The molecule has 2 aliphatic rings. The predicted octanol–water partition coefficient (Wildman–Crippen LogP) is -4.10. The first-order valence-corrected chi connectivity index (χ1v) is 8.47. The molecule has 25 heavy (non-hydrogen) atoms. The highest BCUT2D eigenvalue weighted by Gasteiger charge is 2.44. The Labute approximate surface area is 146 Å². The van der Waals surface area contributed by atoms with Crippen molar-refractivity contribution in [3.63, 3.8) is 0 Å². The van der Waals surface area contributed by atoms with Crippen LogP contribution in [0.4, 0.5) is 0 Å². The number of hydrogen-bond acceptors (Lipinski definition) is 10. The van der Waals surface area contributed by atoms with Gasteiger partial charge in [-0.3, -0.25) is 0 Å². The van der Waals surface area contributed by atoms with Crippen LogP contribution in [0, 0.1) is 5.92 Å². The van der Waals surface area contributed by atoms with E-state index in [0.717, 1.165) is 0 Å². The van der Waals surface area contributed by atoms with Gasteiger partial charge >= 0.3 is 0 Å². The molecule has 10 atom stereocenters. The highest BCUT2D eigenvalue weighted by molar-refractivity contribution is 4.95. The van der Waals surface area contributed by atoms with Crippen molar-refractivity contribution >= 4 is 0 Å². The van der Waals surface area contributed by atoms with Gasteiger partial charge in [0.1, 0.15) is 18.3 Å². The van der Waals surface area contributed by atoms with Crippen LogP contribution >= 0.6 is 0 Å². The molecule has 10 unspecified atom stereocenters. The van der Waals surface area contributed by atoms with E-state index in [-0.39, 0.29) is 25.9 Å². The zero-order chi connectivity index (χ0) is 18.7. The normalized spacial score (nSPS) is 48.5. The zero-order valence-electron chi connectivity index (χ0n) is 14.2. The zero-order valence-corrected chi connectivity index (χ0v) is 14.2. The van der Waals surface area contributed by atoms with Crippen molar-refractivity contribution in [1.82, 2.24) is 0 Å². The third kappa shape index (κ3) is 4.48. The smallest absolute Gasteiger partial charge is 0.110 e. The average molecular weight is 366 g/mol. The molecule has 148 valence electrons. The van der Waals surface area contributed by atoms with Gasteiger partial charge in [0, 0.05) is 5.92 Å². The summed E-state index contributed by atoms with van der Waals surface area (Å²) < 4.78 is 16.6. The summed E-state index contributed by atoms with van der Waals surface area (Å²) in [6.45, 7) is 1.01. The first-order valence-electron chi connectivity index (χ1n) is 8.47. The summed E-state index contributed by atoms with van der Waals surface area (Å²) in [7, 11) is 0. The van der Waals surface area contributed by atoms with Gasteiger partial charge in [0.25, 0.3) is 0 Å². The lowest BCUT2D eigenvalue weighted by Gasteiger charge is -2.43. The van der Waals surface area contributed by atoms with E-state index in [2.05, 4.69) is 0 Å². The van der Waals surface area contributed by atoms with Crippen LogP contribution in [-0.2, 0) is 14.2 Å². The summed E-state index contributed by atoms with van der Waals surface area (Å²) in [5.74, 6) is -0.528. The molecule has 10 heteroatoms. The van der Waals surface area contributed by atoms with Gasteiger partial charge in [-0.05, 0) is 6.92 Å². The minimum Gasteiger partial charge on any atom is -0.394 e. The Morgan fingerprint density at radius 3 is 2.04 bits per heavy atom. The van der Waals surface area contributed by atoms with Gasteiger partial charge in [-0.25, -0.2) is 0 Å². The molecule has 9 N–H and O–H groups in total. The lowest BCUT2D eigenvalue weighted by Crippen LogP contribution is -2.63. The van der Waals surface area contributed by atoms with E-state index >= 15 is 0 Å². The molecular formula is C15H30N2O8. The molecule has 2 saturated heterocycles. The van der Waals surface area contributed by atoms with Crippen LogP contribution in [0.5, 0.6) is 0 Å². The standard InChI is InChI=1S/C15H30N2O8/c1-6-11(16)13(20)7(8(2-18)24-6)4-23-5-10-12(17)15(22)14(21)9(3-19)25-10/h6-15,18-22H,2-5,16-17H2,1H3. The van der Waals surface area contributed by atoms with Crippen LogP contribution in [0.2, 0.25) is 0 Å². The van der Waals surface area contributed by atoms with Crippen LogP contribution in [-0.4, -0.2) is 107 Å². The molecule has 0 amide bonds. The van der Waals surface area contributed by atoms with Crippen molar-refractivity contribution in [1.29, 1.82) is 0 Å². The Kier molecular flexibility index (Phi) is 7.52. The molecule has 0 spiro atoms. The number of ether oxygens (including phenoxy) is 3. The van der Waals surface area contributed by atoms with Crippen molar-refractivity contribution < 1.29 is 39.7 Å². The van der Waals surface area contributed by atoms with Gasteiger partial charge in [-0.1, -0.05) is 0 Å². The van der Waals surface area contributed by atoms with Gasteiger partial charge in [-0.15, -0.1) is 0 Å². The molecule has 2 aliphatic heterocycles. The summed E-state index contributed by atoms with van der Waals surface area (Å²) in [6, 6.07) is -1.48. The monoisotopic (exact) mass is 366 g/mol. The third-order valence-electron chi connectivity index (χ3n) is 5.10. The third-order valence-corrected chi connectivity index (χ3v) is 5.10. The fraction of sp³-hybridized carbons (Fsp3) is 1.00. The predicted molar refractivity (Wildman–Crippen MR) is 85.4 cm³/mol. The van der Waals surface area contributed by atoms with E-state index in [0.29, 0.717) is 0 Å². The van der Waals surface area contributed by atoms with Crippen LogP contribution in [0.3, 0.4) is 0 Å². The van der Waals surface area contributed by atoms with E-state index in [9.17, 15) is 25.5 Å². The molecule has 0 radical (unpaired) electrons. The Morgan fingerprint density at radius 1 is 0.800 bits per heavy atom. The van der Waals surface area contributed by atoms with Gasteiger partial charge < -0.3 is 51.2 Å². The quantitative estimate of drug-likeness (QED) is 0.244. The fourth-order valence-corrected chi connectivity index (χ4v) is 3.32. The highest BCUT2D eigenvalue weighted by Crippen LogP contribution is 2.26. The van der Waals surface area contributed by atoms with Crippen molar-refractivity contribution in [2.45, 2.75) is 61.7 Å². The fourth-order valence-electron chi connectivity index (χ4n) is 3.32. The minimum atomic E-state index is -1.27. The Balaban J connectivity index is 1.90. The average Bonchev–Trinajstić information content (AvgIpc) is 2.61. The molecule has 0 aromatic carbocycles. The summed E-state index contributed by atoms with van der Waals surface area (Å²) >= 11 is 0. The number of aliphatic hydroxyl groups excluding tert-OH is 5. The molecule has 0 aromatic heterocycles. The second-order valence-electron chi connectivity index (χ2n) is 6.79. The molecule has 2 heterocycles. The Bertz CT molecular complexity index is 413. The topological polar surface area (TPSA) is 181 Å². The molecule has 0 bridgehead atoms. The molecule has 10 nitrogen and oxygen atoms in total. The van der Waals surface area contributed by atoms with Gasteiger partial charge in [0.05, 0.1) is 62.9 Å². The number of nitrogens with two attached hydrogens (primary N) is 2. The lowest BCUT2D eigenvalue weighted by atomic mass is 9.86. The van der Waals surface area contributed by atoms with Crippen LogP contribution in [0.25, 0.3) is 0 Å². The van der Waals surface area contributed by atoms with Gasteiger partial charge in [-0.2, -0.15) is 0 Å². The van der Waals surface area contributed by atoms with Gasteiger partial charge in [0.2, 0.25) is 0 Å². The van der Waals surface area contributed by atoms with E-state index < -0.39 is 61.2 Å². The maximum Gasteiger partial charge on any atom is 0.110 e. The first-order chi connectivity index (χ1) is 11.8.